The smallest absolute Gasteiger partial charge is 0.317 e. The number of hydrogen-bond donors (Lipinski definition) is 6. The van der Waals surface area contributed by atoms with E-state index in [-0.39, 0.29) is 67.4 Å². The molecule has 71 heavy (non-hydrogen) atoms. The van der Waals surface area contributed by atoms with Gasteiger partial charge in [-0.05, 0) is 116 Å². The first-order valence-electron chi connectivity index (χ1n) is 25.1. The van der Waals surface area contributed by atoms with E-state index >= 15 is 0 Å². The van der Waals surface area contributed by atoms with Crippen LogP contribution in [0.15, 0.2) is 60.7 Å². The van der Waals surface area contributed by atoms with Gasteiger partial charge in [-0.15, -0.1) is 0 Å². The number of aliphatic hydroxyl groups is 2. The van der Waals surface area contributed by atoms with E-state index in [0.717, 1.165) is 24.0 Å². The number of amides is 6. The van der Waals surface area contributed by atoms with E-state index in [4.69, 9.17) is 0 Å². The minimum absolute atomic E-state index is 0. The molecule has 6 N–H and O–H groups in total. The Kier molecular flexibility index (Phi) is 25.5. The lowest BCUT2D eigenvalue weighted by Crippen LogP contribution is -2.55. The highest BCUT2D eigenvalue weighted by Crippen LogP contribution is 2.22. The van der Waals surface area contributed by atoms with Crippen LogP contribution in [0.1, 0.15) is 126 Å². The van der Waals surface area contributed by atoms with Crippen molar-refractivity contribution in [1.82, 2.24) is 31.1 Å². The zero-order valence-corrected chi connectivity index (χ0v) is 45.2. The monoisotopic (exact) mass is 1030 g/mol. The van der Waals surface area contributed by atoms with E-state index in [1.165, 1.54) is 0 Å². The third-order valence-corrected chi connectivity index (χ3v) is 15.8. The molecule has 6 atom stereocenters. The van der Waals surface area contributed by atoms with Crippen LogP contribution in [0.3, 0.4) is 0 Å². The van der Waals surface area contributed by atoms with Crippen molar-refractivity contribution in [2.45, 2.75) is 163 Å². The van der Waals surface area contributed by atoms with Crippen LogP contribution in [0, 0.1) is 23.7 Å². The highest BCUT2D eigenvalue weighted by molar-refractivity contribution is 7.91. The van der Waals surface area contributed by atoms with Crippen LogP contribution >= 0.6 is 0 Å². The number of aliphatic hydroxyl groups excluding tert-OH is 2. The third kappa shape index (κ3) is 24.8. The summed E-state index contributed by atoms with van der Waals surface area (Å²) in [6.45, 7) is 20.8. The van der Waals surface area contributed by atoms with Crippen LogP contribution in [-0.4, -0.2) is 145 Å². The molecule has 2 fully saturated rings. The molecular formula is C53H90N6O10S2. The number of carbonyl (C=O) groups excluding carboxylic acids is 4. The number of benzene rings is 2. The molecule has 2 heterocycles. The molecule has 2 aromatic carbocycles. The van der Waals surface area contributed by atoms with Gasteiger partial charge in [-0.1, -0.05) is 95.8 Å². The molecule has 18 heteroatoms. The van der Waals surface area contributed by atoms with Gasteiger partial charge in [0.25, 0.3) is 0 Å². The summed E-state index contributed by atoms with van der Waals surface area (Å²) < 4.78 is 48.2. The second kappa shape index (κ2) is 28.8. The molecular weight excluding hydrogens is 945 g/mol. The van der Waals surface area contributed by atoms with Gasteiger partial charge in [-0.3, -0.25) is 9.59 Å². The van der Waals surface area contributed by atoms with Crippen LogP contribution in [-0.2, 0) is 42.1 Å². The molecule has 404 valence electrons. The fourth-order valence-corrected chi connectivity index (χ4v) is 11.7. The van der Waals surface area contributed by atoms with Crippen LogP contribution in [0.5, 0.6) is 0 Å². The zero-order valence-electron chi connectivity index (χ0n) is 43.6. The zero-order chi connectivity index (χ0) is 52.5. The SMILES string of the molecule is C.CC(C)CCN(C[C@@H](O)[C@H](Cc1ccccc1)NC(=O)[C@@H]1CCCS(=O)(=O)C1)C(=O)NC(C)(C)C.CC(C)CCN(C[C@@H](O)[C@H](Cc1ccccc1)NC(=O)[C@H]1CCCS(=O)(=O)C1)C(=O)NC(C)(C)C. The third-order valence-electron chi connectivity index (χ3n) is 12.2. The summed E-state index contributed by atoms with van der Waals surface area (Å²) in [5.74, 6) is -1.32. The fourth-order valence-electron chi connectivity index (χ4n) is 8.25. The Morgan fingerprint density at radius 1 is 0.592 bits per heavy atom. The van der Waals surface area contributed by atoms with E-state index in [2.05, 4.69) is 49.0 Å². The number of sulfone groups is 2. The van der Waals surface area contributed by atoms with Gasteiger partial charge in [0.15, 0.2) is 19.7 Å². The molecule has 2 aliphatic heterocycles. The van der Waals surface area contributed by atoms with Gasteiger partial charge in [0.2, 0.25) is 11.8 Å². The molecule has 0 aromatic heterocycles. The van der Waals surface area contributed by atoms with Crippen molar-refractivity contribution >= 4 is 43.6 Å². The Morgan fingerprint density at radius 3 is 1.20 bits per heavy atom. The van der Waals surface area contributed by atoms with E-state index in [1.54, 1.807) is 9.80 Å². The Bertz CT molecular complexity index is 2010. The summed E-state index contributed by atoms with van der Waals surface area (Å²) in [7, 11) is -6.48. The van der Waals surface area contributed by atoms with Crippen molar-refractivity contribution in [3.05, 3.63) is 71.8 Å². The minimum Gasteiger partial charge on any atom is -0.389 e. The first-order chi connectivity index (χ1) is 32.5. The average Bonchev–Trinajstić information content (AvgIpc) is 3.24. The number of urea groups is 2. The van der Waals surface area contributed by atoms with Gasteiger partial charge in [0.05, 0.1) is 72.2 Å². The number of nitrogens with one attached hydrogen (secondary N) is 4. The summed E-state index contributed by atoms with van der Waals surface area (Å²) in [6.07, 6.45) is 2.17. The average molecular weight is 1040 g/mol. The molecule has 0 bridgehead atoms. The molecule has 0 spiro atoms. The minimum atomic E-state index is -3.24. The predicted octanol–water partition coefficient (Wildman–Crippen LogP) is 6.15. The number of hydrogen-bond acceptors (Lipinski definition) is 10. The van der Waals surface area contributed by atoms with Crippen molar-refractivity contribution < 1.29 is 46.2 Å². The summed E-state index contributed by atoms with van der Waals surface area (Å²) in [5.41, 5.74) is 1.01. The lowest BCUT2D eigenvalue weighted by Gasteiger charge is -2.33. The second-order valence-corrected chi connectivity index (χ2v) is 26.7. The molecule has 6 amide bonds. The summed E-state index contributed by atoms with van der Waals surface area (Å²) >= 11 is 0. The molecule has 2 aromatic rings. The molecule has 0 saturated carbocycles. The van der Waals surface area contributed by atoms with Crippen molar-refractivity contribution in [2.75, 3.05) is 49.2 Å². The van der Waals surface area contributed by atoms with Crippen LogP contribution < -0.4 is 21.3 Å². The highest BCUT2D eigenvalue weighted by Gasteiger charge is 2.35. The number of nitrogens with zero attached hydrogens (tertiary/aromatic N) is 2. The molecule has 2 aliphatic rings. The maximum atomic E-state index is 13.0. The molecule has 16 nitrogen and oxygen atoms in total. The summed E-state index contributed by atoms with van der Waals surface area (Å²) in [5, 5.41) is 34.3. The van der Waals surface area contributed by atoms with Gasteiger partial charge in [-0.25, -0.2) is 26.4 Å². The van der Waals surface area contributed by atoms with Crippen LogP contribution in [0.2, 0.25) is 0 Å². The highest BCUT2D eigenvalue weighted by atomic mass is 32.2. The number of rotatable bonds is 20. The topological polar surface area (TPSA) is 232 Å². The Labute approximate surface area is 427 Å². The van der Waals surface area contributed by atoms with Gasteiger partial charge >= 0.3 is 12.1 Å². The van der Waals surface area contributed by atoms with Gasteiger partial charge in [0.1, 0.15) is 0 Å². The molecule has 0 unspecified atom stereocenters. The van der Waals surface area contributed by atoms with Gasteiger partial charge < -0.3 is 41.3 Å². The summed E-state index contributed by atoms with van der Waals surface area (Å²) in [6, 6.07) is 17.1. The number of carbonyl (C=O) groups is 4. The van der Waals surface area contributed by atoms with E-state index in [0.29, 0.717) is 63.5 Å². The van der Waals surface area contributed by atoms with Crippen molar-refractivity contribution in [3.63, 3.8) is 0 Å². The lowest BCUT2D eigenvalue weighted by molar-refractivity contribution is -0.127. The van der Waals surface area contributed by atoms with E-state index < -0.39 is 66.9 Å². The maximum Gasteiger partial charge on any atom is 0.317 e. The predicted molar refractivity (Wildman–Crippen MR) is 284 cm³/mol. The molecule has 2 saturated heterocycles. The van der Waals surface area contributed by atoms with Crippen LogP contribution in [0.4, 0.5) is 9.59 Å². The van der Waals surface area contributed by atoms with E-state index in [9.17, 15) is 46.2 Å². The second-order valence-electron chi connectivity index (χ2n) is 22.3. The van der Waals surface area contributed by atoms with Gasteiger partial charge in [-0.2, -0.15) is 0 Å². The molecule has 0 radical (unpaired) electrons. The Hall–Kier alpha value is -4.26. The molecule has 0 aliphatic carbocycles. The van der Waals surface area contributed by atoms with Crippen molar-refractivity contribution in [2.24, 2.45) is 23.7 Å². The first kappa shape index (κ1) is 62.9. The normalized spacial score (nSPS) is 19.3. The van der Waals surface area contributed by atoms with Crippen molar-refractivity contribution in [1.29, 1.82) is 0 Å². The maximum absolute atomic E-state index is 13.0. The Balaban J connectivity index is 0.000000480. The summed E-state index contributed by atoms with van der Waals surface area (Å²) in [4.78, 5) is 55.2. The van der Waals surface area contributed by atoms with E-state index in [1.807, 2.05) is 102 Å². The standard InChI is InChI=1S/2C26H43N3O5S.CH4/c2*1-19(2)13-14-29(25(32)28-26(3,4)5)17-23(30)22(16-20-10-7-6-8-11-20)27-24(31)21-12-9-15-35(33,34)18-21;/h2*6-8,10-11,19,21-23,30H,9,12-18H2,1-5H3,(H,27,31)(H,28,32);1H4/t21-,22+,23-;21-,22-,23+;/m10./s1. The van der Waals surface area contributed by atoms with Crippen molar-refractivity contribution in [3.8, 4) is 0 Å². The van der Waals surface area contributed by atoms with Crippen LogP contribution in [0.25, 0.3) is 0 Å². The largest absolute Gasteiger partial charge is 0.389 e. The molecule has 4 rings (SSSR count). The van der Waals surface area contributed by atoms with Gasteiger partial charge in [0, 0.05) is 24.2 Å². The first-order valence-corrected chi connectivity index (χ1v) is 28.8. The fraction of sp³-hybridized carbons (Fsp3) is 0.698. The quantitative estimate of drug-likeness (QED) is 0.0886. The Morgan fingerprint density at radius 2 is 0.915 bits per heavy atom. The lowest BCUT2D eigenvalue weighted by atomic mass is 9.98.